The van der Waals surface area contributed by atoms with Crippen LogP contribution in [0.2, 0.25) is 0 Å². The van der Waals surface area contributed by atoms with Crippen LogP contribution in [0.15, 0.2) is 85.2 Å². The first kappa shape index (κ1) is 37.2. The Labute approximate surface area is 340 Å². The minimum Gasteiger partial charge on any atom is -0.497 e. The molecule has 10 atom stereocenters. The molecule has 9 heterocycles. The maximum absolute atomic E-state index is 7.30. The van der Waals surface area contributed by atoms with Crippen molar-refractivity contribution in [3.05, 3.63) is 96.3 Å². The maximum Gasteiger partial charge on any atom is 0.242 e. The molecule has 0 saturated carbocycles. The molecule has 0 radical (unpaired) electrons. The highest BCUT2D eigenvalue weighted by molar-refractivity contribution is 5.91. The summed E-state index contributed by atoms with van der Waals surface area (Å²) < 4.78 is 26.0. The second-order valence-electron chi connectivity index (χ2n) is 17.0. The number of nitrogens with zero attached hydrogens (tertiary/aromatic N) is 6. The minimum absolute atomic E-state index is 0.180. The second kappa shape index (κ2) is 15.6. The number of aromatic nitrogens is 4. The standard InChI is InChI=1S/C48H54N6O4/c1-5-29-27-53-21-17-31(29)23-43(53)45(35-15-19-49-41-13-11-33(55-3)25-39(35)41)57-47-37-9-7-8-10-38(37)48(52-51-47)58-46(44-24-32-18-22-54(44)28-30(32)6-2)36-16-20-50-42-14-12-34(56-4)26-40(36)42/h7-16,19-20,25-26,29-32,43-46H,5-6,17-18,21-24,27-28H2,1-4H3/t29-,30-,31-,32+,43-,44-,45-,46-/m1/s1. The molecule has 58 heavy (non-hydrogen) atoms. The number of methoxy groups -OCH3 is 2. The summed E-state index contributed by atoms with van der Waals surface area (Å²) >= 11 is 0. The van der Waals surface area contributed by atoms with Crippen LogP contribution < -0.4 is 18.9 Å². The van der Waals surface area contributed by atoms with E-state index in [4.69, 9.17) is 39.1 Å². The zero-order chi connectivity index (χ0) is 39.3. The molecule has 2 unspecified atom stereocenters. The molecular formula is C48H54N6O4. The van der Waals surface area contributed by atoms with E-state index in [0.29, 0.717) is 35.4 Å². The molecule has 6 fully saturated rings. The van der Waals surface area contributed by atoms with Gasteiger partial charge in [-0.2, -0.15) is 0 Å². The third-order valence-electron chi connectivity index (χ3n) is 14.3. The summed E-state index contributed by atoms with van der Waals surface area (Å²) in [5.41, 5.74) is 4.01. The number of rotatable bonds is 12. The predicted molar refractivity (Wildman–Crippen MR) is 227 cm³/mol. The number of piperidine rings is 6. The van der Waals surface area contributed by atoms with E-state index in [0.717, 1.165) is 94.2 Å². The second-order valence-corrected chi connectivity index (χ2v) is 17.0. The Morgan fingerprint density at radius 3 is 1.47 bits per heavy atom. The van der Waals surface area contributed by atoms with Crippen LogP contribution in [0.1, 0.15) is 75.7 Å². The van der Waals surface area contributed by atoms with Crippen LogP contribution in [0.5, 0.6) is 23.3 Å². The van der Waals surface area contributed by atoms with Gasteiger partial charge in [0.25, 0.3) is 0 Å². The minimum atomic E-state index is -0.300. The van der Waals surface area contributed by atoms with E-state index >= 15 is 0 Å². The van der Waals surface area contributed by atoms with Crippen LogP contribution in [0, 0.1) is 23.7 Å². The quantitative estimate of drug-likeness (QED) is 0.120. The Hall–Kier alpha value is -5.06. The Bertz CT molecular complexity index is 2280. The number of benzene rings is 3. The van der Waals surface area contributed by atoms with Crippen LogP contribution in [-0.2, 0) is 0 Å². The molecule has 6 saturated heterocycles. The van der Waals surface area contributed by atoms with E-state index in [9.17, 15) is 0 Å². The first-order valence-corrected chi connectivity index (χ1v) is 21.5. The van der Waals surface area contributed by atoms with Crippen LogP contribution in [0.25, 0.3) is 32.6 Å². The van der Waals surface area contributed by atoms with Gasteiger partial charge in [0.15, 0.2) is 0 Å². The normalized spacial score (nSPS) is 27.4. The zero-order valence-corrected chi connectivity index (χ0v) is 34.1. The van der Waals surface area contributed by atoms with E-state index in [1.165, 1.54) is 25.7 Å². The number of pyridine rings is 2. The van der Waals surface area contributed by atoms with Crippen LogP contribution in [0.4, 0.5) is 0 Å². The summed E-state index contributed by atoms with van der Waals surface area (Å²) in [6, 6.07) is 25.1. The monoisotopic (exact) mass is 778 g/mol. The Kier molecular flexibility index (Phi) is 10.0. The van der Waals surface area contributed by atoms with Crippen LogP contribution >= 0.6 is 0 Å². The molecule has 0 amide bonds. The molecule has 10 heteroatoms. The first-order valence-electron chi connectivity index (χ1n) is 21.5. The van der Waals surface area contributed by atoms with Crippen molar-refractivity contribution in [1.29, 1.82) is 0 Å². The van der Waals surface area contributed by atoms with Gasteiger partial charge in [0, 0.05) is 47.4 Å². The van der Waals surface area contributed by atoms with Gasteiger partial charge >= 0.3 is 0 Å². The van der Waals surface area contributed by atoms with Crippen LogP contribution in [-0.4, -0.2) is 82.4 Å². The van der Waals surface area contributed by atoms with Gasteiger partial charge in [-0.05, 0) is 123 Å². The summed E-state index contributed by atoms with van der Waals surface area (Å²) in [5, 5.41) is 13.7. The lowest BCUT2D eigenvalue weighted by Crippen LogP contribution is -2.56. The summed E-state index contributed by atoms with van der Waals surface area (Å²) in [6.45, 7) is 9.00. The van der Waals surface area contributed by atoms with Crippen molar-refractivity contribution in [2.75, 3.05) is 40.4 Å². The molecule has 0 N–H and O–H groups in total. The topological polar surface area (TPSA) is 95.0 Å². The van der Waals surface area contributed by atoms with Gasteiger partial charge < -0.3 is 18.9 Å². The van der Waals surface area contributed by atoms with E-state index in [1.807, 2.05) is 36.7 Å². The van der Waals surface area contributed by atoms with Crippen molar-refractivity contribution in [2.24, 2.45) is 23.7 Å². The highest BCUT2D eigenvalue weighted by Crippen LogP contribution is 2.47. The molecule has 0 aliphatic carbocycles. The number of ether oxygens (including phenoxy) is 4. The molecule has 6 aliphatic rings. The summed E-state index contributed by atoms with van der Waals surface area (Å²) in [4.78, 5) is 14.8. The maximum atomic E-state index is 7.30. The number of fused-ring (bicyclic) bond motifs is 9. The molecule has 12 rings (SSSR count). The number of hydrogen-bond donors (Lipinski definition) is 0. The lowest BCUT2D eigenvalue weighted by atomic mass is 9.72. The average molecular weight is 779 g/mol. The molecule has 3 aromatic carbocycles. The Morgan fingerprint density at radius 2 is 1.07 bits per heavy atom. The van der Waals surface area contributed by atoms with Crippen molar-refractivity contribution < 1.29 is 18.9 Å². The van der Waals surface area contributed by atoms with Gasteiger partial charge in [-0.3, -0.25) is 19.8 Å². The third kappa shape index (κ3) is 6.58. The van der Waals surface area contributed by atoms with Crippen LogP contribution in [0.3, 0.4) is 0 Å². The molecule has 6 aromatic rings. The summed E-state index contributed by atoms with van der Waals surface area (Å²) in [5.74, 6) is 5.39. The highest BCUT2D eigenvalue weighted by Gasteiger charge is 2.46. The van der Waals surface area contributed by atoms with Gasteiger partial charge in [0.1, 0.15) is 23.7 Å². The fourth-order valence-corrected chi connectivity index (χ4v) is 11.1. The molecule has 4 bridgehead atoms. The lowest BCUT2D eigenvalue weighted by Gasteiger charge is -2.52. The van der Waals surface area contributed by atoms with Crippen molar-refractivity contribution in [2.45, 2.75) is 76.7 Å². The van der Waals surface area contributed by atoms with Gasteiger partial charge in [0.2, 0.25) is 11.8 Å². The lowest BCUT2D eigenvalue weighted by molar-refractivity contribution is -0.0505. The Balaban J connectivity index is 1.06. The third-order valence-corrected chi connectivity index (χ3v) is 14.3. The summed E-state index contributed by atoms with van der Waals surface area (Å²) in [7, 11) is 3.42. The van der Waals surface area contributed by atoms with Gasteiger partial charge in [-0.15, -0.1) is 10.2 Å². The van der Waals surface area contributed by atoms with E-state index in [-0.39, 0.29) is 24.3 Å². The Morgan fingerprint density at radius 1 is 0.603 bits per heavy atom. The SMILES string of the molecule is CC[C@@H]1CN2CC[C@@H]1C[C@@H]2[C@H](Oc1nnc(O[C@H](c2ccnc3ccc(OC)cc23)[C@H]2C[C@@H]3CCN2C[C@H]3CC)c2ccccc12)c1ccnc2ccc(OC)cc12. The molecule has 0 spiro atoms. The van der Waals surface area contributed by atoms with E-state index < -0.39 is 0 Å². The van der Waals surface area contributed by atoms with E-state index in [2.05, 4.69) is 72.2 Å². The van der Waals surface area contributed by atoms with Crippen molar-refractivity contribution in [1.82, 2.24) is 30.0 Å². The average Bonchev–Trinajstić information content (AvgIpc) is 3.29. The molecule has 3 aromatic heterocycles. The zero-order valence-electron chi connectivity index (χ0n) is 34.1. The van der Waals surface area contributed by atoms with Crippen molar-refractivity contribution in [3.8, 4) is 23.3 Å². The first-order chi connectivity index (χ1) is 28.5. The van der Waals surface area contributed by atoms with Gasteiger partial charge in [-0.1, -0.05) is 38.8 Å². The fourth-order valence-electron chi connectivity index (χ4n) is 11.1. The number of hydrogen-bond acceptors (Lipinski definition) is 10. The molecule has 300 valence electrons. The van der Waals surface area contributed by atoms with Crippen molar-refractivity contribution >= 4 is 32.6 Å². The highest BCUT2D eigenvalue weighted by atomic mass is 16.5. The largest absolute Gasteiger partial charge is 0.497 e. The smallest absolute Gasteiger partial charge is 0.242 e. The summed E-state index contributed by atoms with van der Waals surface area (Å²) in [6.07, 6.45) is 10.2. The van der Waals surface area contributed by atoms with E-state index in [1.54, 1.807) is 14.2 Å². The van der Waals surface area contributed by atoms with Crippen molar-refractivity contribution in [3.63, 3.8) is 0 Å². The molecule has 6 aliphatic heterocycles. The van der Waals surface area contributed by atoms with Gasteiger partial charge in [0.05, 0.1) is 48.1 Å². The predicted octanol–water partition coefficient (Wildman–Crippen LogP) is 9.22. The fraction of sp³-hybridized carbons (Fsp3) is 0.458. The molecular weight excluding hydrogens is 725 g/mol. The molecule has 10 nitrogen and oxygen atoms in total. The van der Waals surface area contributed by atoms with Gasteiger partial charge in [-0.25, -0.2) is 0 Å².